The maximum absolute atomic E-state index is 13.3. The summed E-state index contributed by atoms with van der Waals surface area (Å²) in [6.45, 7) is -0.283. The second kappa shape index (κ2) is 13.0. The molecule has 4 fully saturated rings. The number of carbonyl (C=O) groups is 5. The minimum Gasteiger partial charge on any atom is -0.353 e. The van der Waals surface area contributed by atoms with E-state index < -0.39 is 68.6 Å². The Labute approximate surface area is 267 Å². The quantitative estimate of drug-likeness (QED) is 0.259. The number of nitrogens with zero attached hydrogens (tertiary/aromatic N) is 2. The van der Waals surface area contributed by atoms with Crippen LogP contribution in [0.15, 0.2) is 27.7 Å². The van der Waals surface area contributed by atoms with Crippen LogP contribution >= 0.6 is 27.3 Å². The summed E-state index contributed by atoms with van der Waals surface area (Å²) in [5, 5.41) is 8.60. The van der Waals surface area contributed by atoms with Crippen LogP contribution in [0.1, 0.15) is 53.2 Å². The standard InChI is InChI=1S/C28H30BrF3N6O6S/c1-33-24(42)18(39)5-4-16(34-25(43)21-22(29)37-27(45-21)28(30,31)32)23(41)35-17-3-2-6-38(26(17)44)11-19(40)36-20-14-8-12-7-13(10-14)15(20)9-12/h2-3,6,12-16,20H,4-5,7-11H2,1H3,(H,33,42)(H,34,43)(H,35,41)(H,36,40)/t12?,13?,14?,15?,16-,20?/m0/s1. The summed E-state index contributed by atoms with van der Waals surface area (Å²) >= 11 is 2.86. The molecule has 12 nitrogen and oxygen atoms in total. The molecule has 2 aromatic rings. The lowest BCUT2D eigenvalue weighted by Crippen LogP contribution is -2.46. The molecule has 242 valence electrons. The van der Waals surface area contributed by atoms with Gasteiger partial charge in [-0.3, -0.25) is 28.8 Å². The number of halogens is 4. The van der Waals surface area contributed by atoms with Crippen molar-refractivity contribution in [3.63, 3.8) is 0 Å². The molecule has 0 spiro atoms. The average molecular weight is 716 g/mol. The molecule has 4 aliphatic carbocycles. The zero-order chi connectivity index (χ0) is 32.6. The molecule has 45 heavy (non-hydrogen) atoms. The second-order valence-electron chi connectivity index (χ2n) is 11.6. The first-order valence-corrected chi connectivity index (χ1v) is 15.9. The molecule has 2 aromatic heterocycles. The Morgan fingerprint density at radius 3 is 2.53 bits per heavy atom. The van der Waals surface area contributed by atoms with Crippen LogP contribution in [0.4, 0.5) is 18.9 Å². The molecule has 17 heteroatoms. The number of thiazole rings is 1. The minimum atomic E-state index is -4.82. The summed E-state index contributed by atoms with van der Waals surface area (Å²) in [5.41, 5.74) is -0.939. The minimum absolute atomic E-state index is 0.0449. The number of Topliss-reactive ketones (excluding diaryl/α,β-unsaturated/α-hetero) is 1. The summed E-state index contributed by atoms with van der Waals surface area (Å²) in [6, 6.07) is 1.28. The summed E-state index contributed by atoms with van der Waals surface area (Å²) in [7, 11) is 1.23. The molecule has 0 radical (unpaired) electrons. The summed E-state index contributed by atoms with van der Waals surface area (Å²) in [4.78, 5) is 78.9. The molecule has 0 aromatic carbocycles. The predicted octanol–water partition coefficient (Wildman–Crippen LogP) is 2.47. The van der Waals surface area contributed by atoms with Gasteiger partial charge >= 0.3 is 6.18 Å². The number of likely N-dealkylation sites (N-methyl/N-ethyl adjacent to an activating group) is 1. The van der Waals surface area contributed by atoms with Crippen molar-refractivity contribution >= 4 is 62.4 Å². The van der Waals surface area contributed by atoms with Crippen molar-refractivity contribution in [3.05, 3.63) is 43.2 Å². The van der Waals surface area contributed by atoms with Gasteiger partial charge in [0.05, 0.1) is 0 Å². The number of amides is 4. The van der Waals surface area contributed by atoms with E-state index in [4.69, 9.17) is 0 Å². The van der Waals surface area contributed by atoms with Gasteiger partial charge in [-0.05, 0) is 83.8 Å². The van der Waals surface area contributed by atoms with Gasteiger partial charge < -0.3 is 25.8 Å². The van der Waals surface area contributed by atoms with Crippen LogP contribution in [0.25, 0.3) is 0 Å². The Balaban J connectivity index is 1.28. The smallest absolute Gasteiger partial charge is 0.353 e. The van der Waals surface area contributed by atoms with Crippen LogP contribution in [0.3, 0.4) is 0 Å². The summed E-state index contributed by atoms with van der Waals surface area (Å²) in [6.07, 6.45) is 0.211. The number of anilines is 1. The summed E-state index contributed by atoms with van der Waals surface area (Å²) < 4.78 is 40.1. The molecule has 6 atom stereocenters. The number of rotatable bonds is 11. The Kier molecular flexibility index (Phi) is 9.49. The monoisotopic (exact) mass is 714 g/mol. The fraction of sp³-hybridized carbons (Fsp3) is 0.536. The maximum atomic E-state index is 13.3. The van der Waals surface area contributed by atoms with Gasteiger partial charge in [0.15, 0.2) is 5.01 Å². The zero-order valence-electron chi connectivity index (χ0n) is 23.9. The summed E-state index contributed by atoms with van der Waals surface area (Å²) in [5.74, 6) is -1.94. The highest BCUT2D eigenvalue weighted by Crippen LogP contribution is 2.58. The first-order chi connectivity index (χ1) is 21.2. The van der Waals surface area contributed by atoms with Crippen LogP contribution in [0, 0.1) is 23.7 Å². The van der Waals surface area contributed by atoms with E-state index in [-0.39, 0.29) is 35.5 Å². The lowest BCUT2D eigenvalue weighted by Gasteiger charge is -2.32. The number of carbonyl (C=O) groups excluding carboxylic acids is 5. The van der Waals surface area contributed by atoms with E-state index in [1.54, 1.807) is 0 Å². The van der Waals surface area contributed by atoms with Crippen LogP contribution < -0.4 is 26.8 Å². The highest BCUT2D eigenvalue weighted by atomic mass is 79.9. The number of hydrogen-bond acceptors (Lipinski definition) is 8. The average Bonchev–Trinajstić information content (AvgIpc) is 3.59. The molecule has 0 saturated heterocycles. The van der Waals surface area contributed by atoms with E-state index >= 15 is 0 Å². The number of nitrogens with one attached hydrogen (secondary N) is 4. The van der Waals surface area contributed by atoms with Gasteiger partial charge in [-0.25, -0.2) is 4.98 Å². The van der Waals surface area contributed by atoms with Crippen LogP contribution in [-0.2, 0) is 31.9 Å². The third-order valence-electron chi connectivity index (χ3n) is 8.77. The fourth-order valence-corrected chi connectivity index (χ4v) is 8.35. The first kappa shape index (κ1) is 32.8. The van der Waals surface area contributed by atoms with E-state index in [0.29, 0.717) is 17.8 Å². The number of ketones is 1. The predicted molar refractivity (Wildman–Crippen MR) is 158 cm³/mol. The Bertz CT molecular complexity index is 1590. The highest BCUT2D eigenvalue weighted by molar-refractivity contribution is 9.10. The van der Waals surface area contributed by atoms with Crippen LogP contribution in [0.5, 0.6) is 0 Å². The van der Waals surface area contributed by atoms with Crippen molar-refractivity contribution in [3.8, 4) is 0 Å². The molecule has 4 saturated carbocycles. The van der Waals surface area contributed by atoms with Gasteiger partial charge in [0.2, 0.25) is 17.6 Å². The molecule has 4 amide bonds. The van der Waals surface area contributed by atoms with E-state index in [9.17, 15) is 41.9 Å². The van der Waals surface area contributed by atoms with E-state index in [1.165, 1.54) is 31.8 Å². The second-order valence-corrected chi connectivity index (χ2v) is 13.4. The normalized spacial score (nSPS) is 23.8. The Hall–Kier alpha value is -3.60. The van der Waals surface area contributed by atoms with Crippen molar-refractivity contribution in [1.29, 1.82) is 0 Å². The van der Waals surface area contributed by atoms with Gasteiger partial charge in [0.1, 0.15) is 27.8 Å². The van der Waals surface area contributed by atoms with Crippen molar-refractivity contribution in [2.45, 2.75) is 63.3 Å². The van der Waals surface area contributed by atoms with E-state index in [1.807, 2.05) is 0 Å². The van der Waals surface area contributed by atoms with Gasteiger partial charge in [0.25, 0.3) is 17.4 Å². The van der Waals surface area contributed by atoms with E-state index in [2.05, 4.69) is 42.2 Å². The van der Waals surface area contributed by atoms with Crippen LogP contribution in [0.2, 0.25) is 0 Å². The lowest BCUT2D eigenvalue weighted by molar-refractivity contribution is -0.137. The van der Waals surface area contributed by atoms with Gasteiger partial charge in [0, 0.05) is 25.7 Å². The molecule has 5 unspecified atom stereocenters. The molecular weight excluding hydrogens is 685 g/mol. The van der Waals surface area contributed by atoms with Crippen molar-refractivity contribution in [2.24, 2.45) is 23.7 Å². The number of alkyl halides is 3. The lowest BCUT2D eigenvalue weighted by atomic mass is 9.79. The van der Waals surface area contributed by atoms with E-state index in [0.717, 1.165) is 29.7 Å². The molecule has 4 aliphatic rings. The van der Waals surface area contributed by atoms with Crippen molar-refractivity contribution < 1.29 is 37.1 Å². The van der Waals surface area contributed by atoms with Crippen LogP contribution in [-0.4, -0.2) is 58.1 Å². The Morgan fingerprint density at radius 1 is 1.13 bits per heavy atom. The SMILES string of the molecule is CNC(=O)C(=O)CC[C@H](NC(=O)c1sc(C(F)(F)F)nc1Br)C(=O)Nc1cccn(CC(=O)NC2C3CC4CC(C3)C2C4)c1=O. The molecule has 0 aliphatic heterocycles. The number of hydrogen-bond donors (Lipinski definition) is 4. The molecular formula is C28H30BrF3N6O6S. The largest absolute Gasteiger partial charge is 0.443 e. The number of pyridine rings is 1. The fourth-order valence-electron chi connectivity index (χ4n) is 6.91. The van der Waals surface area contributed by atoms with Gasteiger partial charge in [-0.15, -0.1) is 11.3 Å². The number of aromatic nitrogens is 2. The Morgan fingerprint density at radius 2 is 1.87 bits per heavy atom. The topological polar surface area (TPSA) is 168 Å². The highest BCUT2D eigenvalue weighted by Gasteiger charge is 2.54. The zero-order valence-corrected chi connectivity index (χ0v) is 26.3. The van der Waals surface area contributed by atoms with Crippen molar-refractivity contribution in [1.82, 2.24) is 25.5 Å². The first-order valence-electron chi connectivity index (χ1n) is 14.3. The van der Waals surface area contributed by atoms with Crippen molar-refractivity contribution in [2.75, 3.05) is 12.4 Å². The molecule has 4 N–H and O–H groups in total. The third kappa shape index (κ3) is 7.13. The maximum Gasteiger partial charge on any atom is 0.443 e. The molecule has 6 rings (SSSR count). The van der Waals surface area contributed by atoms with Gasteiger partial charge in [-0.1, -0.05) is 0 Å². The third-order valence-corrected chi connectivity index (χ3v) is 10.7. The molecule has 2 heterocycles. The van der Waals surface area contributed by atoms with Gasteiger partial charge in [-0.2, -0.15) is 13.2 Å². The molecule has 4 bridgehead atoms.